The third-order valence-electron chi connectivity index (χ3n) is 6.05. The van der Waals surface area contributed by atoms with Crippen molar-refractivity contribution < 1.29 is 33.0 Å². The second kappa shape index (κ2) is 6.37. The van der Waals surface area contributed by atoms with Crippen LogP contribution < -0.4 is 9.84 Å². The van der Waals surface area contributed by atoms with Crippen LogP contribution in [0, 0.1) is 20.8 Å². The first-order valence-corrected chi connectivity index (χ1v) is 9.97. The first kappa shape index (κ1) is 19.0. The fourth-order valence-electron chi connectivity index (χ4n) is 5.57. The zero-order chi connectivity index (χ0) is 19.4. The number of esters is 1. The Kier molecular flexibility index (Phi) is 4.49. The van der Waals surface area contributed by atoms with Crippen molar-refractivity contribution in [1.82, 2.24) is 0 Å². The summed E-state index contributed by atoms with van der Waals surface area (Å²) < 4.78 is 38.9. The Morgan fingerprint density at radius 1 is 1.11 bits per heavy atom. The van der Waals surface area contributed by atoms with E-state index >= 15 is 0 Å². The Bertz CT molecular complexity index is 765. The number of carbonyl (C=O) groups excluding carboxylic acids is 2. The van der Waals surface area contributed by atoms with Crippen molar-refractivity contribution in [3.63, 3.8) is 0 Å². The fourth-order valence-corrected chi connectivity index (χ4v) is 5.93. The average Bonchev–Trinajstić information content (AvgIpc) is 2.54. The molecule has 2 atom stereocenters. The summed E-state index contributed by atoms with van der Waals surface area (Å²) in [6, 6.07) is 7.01. The molecular formula is C19H18F2IO5-. The van der Waals surface area contributed by atoms with Crippen LogP contribution in [-0.4, -0.2) is 23.6 Å². The summed E-state index contributed by atoms with van der Waals surface area (Å²) in [5, 5.41) is 10.7. The number of aliphatic carboxylic acids is 1. The number of hydrogen-bond donors (Lipinski definition) is 0. The Hall–Kier alpha value is -1.29. The molecule has 5 rings (SSSR count). The molecule has 2 unspecified atom stereocenters. The number of carboxylic acid groups (broad SMARTS) is 1. The highest BCUT2D eigenvalue weighted by molar-refractivity contribution is 14.1. The molecule has 1 aromatic rings. The van der Waals surface area contributed by atoms with Crippen LogP contribution in [0.5, 0.6) is 5.75 Å². The lowest BCUT2D eigenvalue weighted by molar-refractivity contribution is -0.387. The molecule has 0 aromatic heterocycles. The largest absolute Gasteiger partial charge is 0.542 e. The molecule has 0 amide bonds. The van der Waals surface area contributed by atoms with E-state index in [9.17, 15) is 23.5 Å². The molecule has 4 bridgehead atoms. The van der Waals surface area contributed by atoms with Gasteiger partial charge in [-0.2, -0.15) is 8.78 Å². The van der Waals surface area contributed by atoms with Crippen molar-refractivity contribution in [2.75, 3.05) is 0 Å². The van der Waals surface area contributed by atoms with Crippen LogP contribution in [0.4, 0.5) is 8.78 Å². The monoisotopic (exact) mass is 491 g/mol. The van der Waals surface area contributed by atoms with Crippen molar-refractivity contribution in [2.24, 2.45) is 17.3 Å². The molecule has 27 heavy (non-hydrogen) atoms. The van der Waals surface area contributed by atoms with Crippen LogP contribution in [0.2, 0.25) is 0 Å². The number of ether oxygens (including phenoxy) is 2. The normalized spacial score (nSPS) is 34.5. The molecular weight excluding hydrogens is 473 g/mol. The van der Waals surface area contributed by atoms with Gasteiger partial charge < -0.3 is 19.4 Å². The second-order valence-electron chi connectivity index (χ2n) is 8.17. The summed E-state index contributed by atoms with van der Waals surface area (Å²) >= 11 is 2.14. The van der Waals surface area contributed by atoms with E-state index in [0.717, 1.165) is 9.99 Å². The molecule has 8 heteroatoms. The summed E-state index contributed by atoms with van der Waals surface area (Å²) in [7, 11) is 0. The minimum atomic E-state index is -4.37. The van der Waals surface area contributed by atoms with Crippen LogP contribution in [0.15, 0.2) is 24.3 Å². The molecule has 4 aliphatic carbocycles. The molecule has 4 saturated carbocycles. The molecule has 0 N–H and O–H groups in total. The zero-order valence-electron chi connectivity index (χ0n) is 14.4. The first-order valence-electron chi connectivity index (χ1n) is 8.89. The van der Waals surface area contributed by atoms with Gasteiger partial charge in [-0.05, 0) is 97.2 Å². The number of carbonyl (C=O) groups is 2. The van der Waals surface area contributed by atoms with Crippen molar-refractivity contribution in [1.29, 1.82) is 0 Å². The average molecular weight is 491 g/mol. The Morgan fingerprint density at radius 2 is 1.70 bits per heavy atom. The highest BCUT2D eigenvalue weighted by Crippen LogP contribution is 2.63. The molecule has 4 aliphatic rings. The quantitative estimate of drug-likeness (QED) is 0.360. The van der Waals surface area contributed by atoms with E-state index in [4.69, 9.17) is 9.47 Å². The number of hydrogen-bond acceptors (Lipinski definition) is 5. The zero-order valence-corrected chi connectivity index (χ0v) is 16.5. The van der Waals surface area contributed by atoms with E-state index in [1.54, 1.807) is 12.1 Å². The number of benzene rings is 1. The van der Waals surface area contributed by atoms with E-state index in [1.807, 2.05) is 12.1 Å². The van der Waals surface area contributed by atoms with E-state index in [1.165, 1.54) is 0 Å². The van der Waals surface area contributed by atoms with Crippen molar-refractivity contribution in [2.45, 2.75) is 50.2 Å². The molecule has 0 spiro atoms. The van der Waals surface area contributed by atoms with Gasteiger partial charge in [-0.1, -0.05) is 0 Å². The van der Waals surface area contributed by atoms with E-state index < -0.39 is 29.1 Å². The summed E-state index contributed by atoms with van der Waals surface area (Å²) in [6.07, 6.45) is -1.66. The van der Waals surface area contributed by atoms with Crippen LogP contribution in [0.3, 0.4) is 0 Å². The molecule has 5 nitrogen and oxygen atoms in total. The van der Waals surface area contributed by atoms with E-state index in [0.29, 0.717) is 31.4 Å². The standard InChI is InChI=1S/C19H19F2IO5/c20-19(21,15(23)24)27-18-8-11-5-12(9-18)7-17(6-11,10-18)16(25)26-14-3-1-13(22)2-4-14/h1-4,11-12H,5-10H2,(H,23,24)/p-1. The maximum atomic E-state index is 13.8. The topological polar surface area (TPSA) is 75.7 Å². The lowest BCUT2D eigenvalue weighted by Gasteiger charge is -2.60. The summed E-state index contributed by atoms with van der Waals surface area (Å²) in [5.41, 5.74) is -2.23. The first-order chi connectivity index (χ1) is 12.6. The van der Waals surface area contributed by atoms with Gasteiger partial charge in [0.1, 0.15) is 11.7 Å². The predicted octanol–water partition coefficient (Wildman–Crippen LogP) is 2.89. The minimum absolute atomic E-state index is 0.0491. The summed E-state index contributed by atoms with van der Waals surface area (Å²) in [6.45, 7) is 0. The van der Waals surface area contributed by atoms with Gasteiger partial charge in [0.05, 0.1) is 11.0 Å². The van der Waals surface area contributed by atoms with E-state index in [2.05, 4.69) is 22.6 Å². The van der Waals surface area contributed by atoms with Crippen LogP contribution >= 0.6 is 22.6 Å². The van der Waals surface area contributed by atoms with Crippen LogP contribution in [0.1, 0.15) is 38.5 Å². The maximum absolute atomic E-state index is 13.8. The van der Waals surface area contributed by atoms with Crippen molar-refractivity contribution >= 4 is 34.5 Å². The lowest BCUT2D eigenvalue weighted by Crippen LogP contribution is -2.62. The maximum Gasteiger partial charge on any atom is 0.398 e. The van der Waals surface area contributed by atoms with Gasteiger partial charge in [-0.15, -0.1) is 0 Å². The Labute approximate surface area is 168 Å². The Balaban J connectivity index is 1.58. The number of carboxylic acids is 1. The smallest absolute Gasteiger partial charge is 0.398 e. The second-order valence-corrected chi connectivity index (χ2v) is 9.42. The number of halogens is 3. The van der Waals surface area contributed by atoms with Gasteiger partial charge in [0.15, 0.2) is 0 Å². The SMILES string of the molecule is O=C(Oc1ccc(I)cc1)C12CC3CC(CC(OC(F)(F)C(=O)[O-])(C3)C1)C2. The Morgan fingerprint density at radius 3 is 2.26 bits per heavy atom. The molecule has 0 saturated heterocycles. The van der Waals surface area contributed by atoms with Gasteiger partial charge in [-0.25, -0.2) is 0 Å². The number of rotatable bonds is 5. The van der Waals surface area contributed by atoms with Crippen molar-refractivity contribution in [3.05, 3.63) is 27.8 Å². The van der Waals surface area contributed by atoms with Crippen LogP contribution in [-0.2, 0) is 14.3 Å². The fraction of sp³-hybridized carbons (Fsp3) is 0.579. The van der Waals surface area contributed by atoms with Crippen molar-refractivity contribution in [3.8, 4) is 5.75 Å². The van der Waals surface area contributed by atoms with Gasteiger partial charge in [0.2, 0.25) is 0 Å². The van der Waals surface area contributed by atoms with Gasteiger partial charge in [0.25, 0.3) is 0 Å². The highest BCUT2D eigenvalue weighted by Gasteiger charge is 2.64. The molecule has 1 aromatic carbocycles. The molecule has 146 valence electrons. The van der Waals surface area contributed by atoms with Gasteiger partial charge in [-0.3, -0.25) is 4.79 Å². The van der Waals surface area contributed by atoms with E-state index in [-0.39, 0.29) is 18.3 Å². The minimum Gasteiger partial charge on any atom is -0.542 e. The van der Waals surface area contributed by atoms with Crippen LogP contribution in [0.25, 0.3) is 0 Å². The molecule has 0 aliphatic heterocycles. The number of alkyl halides is 2. The molecule has 4 fully saturated rings. The predicted molar refractivity (Wildman–Crippen MR) is 95.7 cm³/mol. The highest BCUT2D eigenvalue weighted by atomic mass is 127. The van der Waals surface area contributed by atoms with Gasteiger partial charge >= 0.3 is 12.1 Å². The third kappa shape index (κ3) is 3.46. The lowest BCUT2D eigenvalue weighted by atomic mass is 9.48. The molecule has 0 heterocycles. The molecule has 0 radical (unpaired) electrons. The summed E-state index contributed by atoms with van der Waals surface area (Å²) in [5.74, 6) is -2.48. The van der Waals surface area contributed by atoms with Gasteiger partial charge in [0, 0.05) is 3.57 Å². The summed E-state index contributed by atoms with van der Waals surface area (Å²) in [4.78, 5) is 23.7. The third-order valence-corrected chi connectivity index (χ3v) is 6.77.